The van der Waals surface area contributed by atoms with Gasteiger partial charge >= 0.3 is 0 Å². The number of nitrogens with one attached hydrogen (secondary N) is 1. The van der Waals surface area contributed by atoms with Gasteiger partial charge in [-0.2, -0.15) is 0 Å². The molecular formula is C13H17NO. The zero-order chi connectivity index (χ0) is 10.5. The maximum absolute atomic E-state index is 9.14. The Labute approximate surface area is 90.6 Å². The third kappa shape index (κ3) is 3.01. The van der Waals surface area contributed by atoms with Crippen LogP contribution in [0.1, 0.15) is 19.3 Å². The Morgan fingerprint density at radius 2 is 2.00 bits per heavy atom. The molecule has 15 heavy (non-hydrogen) atoms. The first-order valence-electron chi connectivity index (χ1n) is 5.52. The zero-order valence-corrected chi connectivity index (χ0v) is 8.82. The minimum Gasteiger partial charge on any atom is -0.508 e. The van der Waals surface area contributed by atoms with Gasteiger partial charge in [-0.15, -0.1) is 0 Å². The van der Waals surface area contributed by atoms with E-state index in [-0.39, 0.29) is 0 Å². The van der Waals surface area contributed by atoms with E-state index in [1.807, 2.05) is 12.1 Å². The number of allylic oxidation sites excluding steroid dienone is 2. The van der Waals surface area contributed by atoms with Gasteiger partial charge in [0.25, 0.3) is 0 Å². The van der Waals surface area contributed by atoms with E-state index in [2.05, 4.69) is 17.5 Å². The van der Waals surface area contributed by atoms with Crippen LogP contribution in [0.4, 0.5) is 5.69 Å². The molecule has 2 heteroatoms. The lowest BCUT2D eigenvalue weighted by atomic mass is 9.94. The minimum absolute atomic E-state index is 0.321. The normalized spacial score (nSPS) is 20.1. The fraction of sp³-hybridized carbons (Fsp3) is 0.385. The summed E-state index contributed by atoms with van der Waals surface area (Å²) in [6.45, 7) is 1.02. The standard InChI is InChI=1S/C13H17NO/c15-13-8-6-12(7-9-13)14-10-11-4-2-1-3-5-11/h1-2,6-9,11,14-15H,3-5,10H2. The van der Waals surface area contributed by atoms with E-state index >= 15 is 0 Å². The van der Waals surface area contributed by atoms with Gasteiger partial charge in [0.2, 0.25) is 0 Å². The van der Waals surface area contributed by atoms with Crippen LogP contribution in [0.3, 0.4) is 0 Å². The van der Waals surface area contributed by atoms with Crippen LogP contribution in [0, 0.1) is 5.92 Å². The van der Waals surface area contributed by atoms with Crippen molar-refractivity contribution in [3.63, 3.8) is 0 Å². The molecule has 0 amide bonds. The van der Waals surface area contributed by atoms with Crippen molar-refractivity contribution >= 4 is 5.69 Å². The van der Waals surface area contributed by atoms with Crippen molar-refractivity contribution in [3.05, 3.63) is 36.4 Å². The summed E-state index contributed by atoms with van der Waals surface area (Å²) in [5.74, 6) is 1.07. The zero-order valence-electron chi connectivity index (χ0n) is 8.82. The lowest BCUT2D eigenvalue weighted by molar-refractivity contribution is 0.475. The SMILES string of the molecule is Oc1ccc(NCC2CC=CCC2)cc1. The summed E-state index contributed by atoms with van der Waals surface area (Å²) < 4.78 is 0. The number of hydrogen-bond acceptors (Lipinski definition) is 2. The van der Waals surface area contributed by atoms with E-state index in [1.165, 1.54) is 19.3 Å². The molecule has 1 aliphatic carbocycles. The molecule has 1 aromatic rings. The van der Waals surface area contributed by atoms with Crippen LogP contribution in [-0.4, -0.2) is 11.7 Å². The third-order valence-corrected chi connectivity index (χ3v) is 2.84. The van der Waals surface area contributed by atoms with Crippen LogP contribution in [-0.2, 0) is 0 Å². The first kappa shape index (κ1) is 10.1. The van der Waals surface area contributed by atoms with Gasteiger partial charge in [0, 0.05) is 12.2 Å². The fourth-order valence-corrected chi connectivity index (χ4v) is 1.88. The predicted octanol–water partition coefficient (Wildman–Crippen LogP) is 3.16. The lowest BCUT2D eigenvalue weighted by Crippen LogP contribution is -2.15. The minimum atomic E-state index is 0.321. The molecule has 2 nitrogen and oxygen atoms in total. The van der Waals surface area contributed by atoms with Gasteiger partial charge in [0.15, 0.2) is 0 Å². The molecule has 0 saturated carbocycles. The van der Waals surface area contributed by atoms with Crippen molar-refractivity contribution in [2.75, 3.05) is 11.9 Å². The second kappa shape index (κ2) is 4.87. The van der Waals surface area contributed by atoms with Crippen LogP contribution in [0.2, 0.25) is 0 Å². The first-order chi connectivity index (χ1) is 7.34. The molecule has 1 unspecified atom stereocenters. The van der Waals surface area contributed by atoms with E-state index < -0.39 is 0 Å². The van der Waals surface area contributed by atoms with E-state index in [1.54, 1.807) is 12.1 Å². The average molecular weight is 203 g/mol. The molecule has 0 aromatic heterocycles. The summed E-state index contributed by atoms with van der Waals surface area (Å²) in [5, 5.41) is 12.5. The first-order valence-corrected chi connectivity index (χ1v) is 5.52. The van der Waals surface area contributed by atoms with E-state index in [0.29, 0.717) is 5.75 Å². The molecule has 0 fully saturated rings. The Hall–Kier alpha value is -1.44. The molecular weight excluding hydrogens is 186 g/mol. The second-order valence-corrected chi connectivity index (χ2v) is 4.08. The third-order valence-electron chi connectivity index (χ3n) is 2.84. The molecule has 2 N–H and O–H groups in total. The van der Waals surface area contributed by atoms with Gasteiger partial charge in [0.05, 0.1) is 0 Å². The molecule has 0 radical (unpaired) electrons. The topological polar surface area (TPSA) is 32.3 Å². The van der Waals surface area contributed by atoms with Gasteiger partial charge < -0.3 is 10.4 Å². The molecule has 1 aliphatic rings. The summed E-state index contributed by atoms with van der Waals surface area (Å²) in [6, 6.07) is 7.24. The number of anilines is 1. The summed E-state index contributed by atoms with van der Waals surface area (Å²) in [6.07, 6.45) is 8.21. The summed E-state index contributed by atoms with van der Waals surface area (Å²) in [5.41, 5.74) is 1.09. The van der Waals surface area contributed by atoms with Crippen molar-refractivity contribution in [2.24, 2.45) is 5.92 Å². The molecule has 0 spiro atoms. The summed E-state index contributed by atoms with van der Waals surface area (Å²) in [4.78, 5) is 0. The van der Waals surface area contributed by atoms with Crippen LogP contribution in [0.25, 0.3) is 0 Å². The number of phenols is 1. The molecule has 0 saturated heterocycles. The average Bonchev–Trinajstić information content (AvgIpc) is 2.30. The largest absolute Gasteiger partial charge is 0.508 e. The Kier molecular flexibility index (Phi) is 3.28. The highest BCUT2D eigenvalue weighted by atomic mass is 16.3. The van der Waals surface area contributed by atoms with Crippen molar-refractivity contribution in [1.82, 2.24) is 0 Å². The van der Waals surface area contributed by atoms with E-state index in [9.17, 15) is 0 Å². The molecule has 0 bridgehead atoms. The molecule has 1 atom stereocenters. The van der Waals surface area contributed by atoms with Crippen molar-refractivity contribution in [1.29, 1.82) is 0 Å². The number of rotatable bonds is 3. The fourth-order valence-electron chi connectivity index (χ4n) is 1.88. The van der Waals surface area contributed by atoms with E-state index in [4.69, 9.17) is 5.11 Å². The molecule has 0 heterocycles. The summed E-state index contributed by atoms with van der Waals surface area (Å²) in [7, 11) is 0. The Bertz CT molecular complexity index is 329. The predicted molar refractivity (Wildman–Crippen MR) is 63.1 cm³/mol. The second-order valence-electron chi connectivity index (χ2n) is 4.08. The maximum atomic E-state index is 9.14. The van der Waals surface area contributed by atoms with Crippen LogP contribution >= 0.6 is 0 Å². The number of hydrogen-bond donors (Lipinski definition) is 2. The van der Waals surface area contributed by atoms with Crippen molar-refractivity contribution in [3.8, 4) is 5.75 Å². The van der Waals surface area contributed by atoms with Gasteiger partial charge in [-0.25, -0.2) is 0 Å². The smallest absolute Gasteiger partial charge is 0.115 e. The maximum Gasteiger partial charge on any atom is 0.115 e. The van der Waals surface area contributed by atoms with Crippen LogP contribution in [0.5, 0.6) is 5.75 Å². The molecule has 1 aromatic carbocycles. The highest BCUT2D eigenvalue weighted by Crippen LogP contribution is 2.19. The lowest BCUT2D eigenvalue weighted by Gasteiger charge is -2.18. The Morgan fingerprint density at radius 3 is 2.67 bits per heavy atom. The molecule has 2 rings (SSSR count). The van der Waals surface area contributed by atoms with Crippen molar-refractivity contribution in [2.45, 2.75) is 19.3 Å². The number of benzene rings is 1. The van der Waals surface area contributed by atoms with Gasteiger partial charge in [-0.1, -0.05) is 12.2 Å². The monoisotopic (exact) mass is 203 g/mol. The highest BCUT2D eigenvalue weighted by molar-refractivity contribution is 5.45. The number of aromatic hydroxyl groups is 1. The Morgan fingerprint density at radius 1 is 1.20 bits per heavy atom. The van der Waals surface area contributed by atoms with Gasteiger partial charge in [-0.05, 0) is 49.4 Å². The molecule has 80 valence electrons. The van der Waals surface area contributed by atoms with Crippen molar-refractivity contribution < 1.29 is 5.11 Å². The molecule has 0 aliphatic heterocycles. The Balaban J connectivity index is 1.82. The van der Waals surface area contributed by atoms with Gasteiger partial charge in [0.1, 0.15) is 5.75 Å². The van der Waals surface area contributed by atoms with Crippen LogP contribution in [0.15, 0.2) is 36.4 Å². The summed E-state index contributed by atoms with van der Waals surface area (Å²) >= 11 is 0. The van der Waals surface area contributed by atoms with E-state index in [0.717, 1.165) is 18.2 Å². The van der Waals surface area contributed by atoms with Gasteiger partial charge in [-0.3, -0.25) is 0 Å². The number of phenolic OH excluding ortho intramolecular Hbond substituents is 1. The van der Waals surface area contributed by atoms with Crippen LogP contribution < -0.4 is 5.32 Å². The quantitative estimate of drug-likeness (QED) is 0.584. The highest BCUT2D eigenvalue weighted by Gasteiger charge is 2.08.